The molecule has 0 radical (unpaired) electrons. The van der Waals surface area contributed by atoms with Crippen LogP contribution in [0.3, 0.4) is 0 Å². The molecule has 2 aromatic rings. The van der Waals surface area contributed by atoms with E-state index in [4.69, 9.17) is 4.74 Å². The maximum absolute atomic E-state index is 5.33. The van der Waals surface area contributed by atoms with Gasteiger partial charge in [0.1, 0.15) is 5.75 Å². The highest BCUT2D eigenvalue weighted by Crippen LogP contribution is 2.21. The lowest BCUT2D eigenvalue weighted by Gasteiger charge is -2.07. The smallest absolute Gasteiger partial charge is 0.122 e. The molecule has 18 heavy (non-hydrogen) atoms. The summed E-state index contributed by atoms with van der Waals surface area (Å²) in [5.41, 5.74) is 3.66. The van der Waals surface area contributed by atoms with Crippen LogP contribution in [0.4, 0.5) is 0 Å². The number of aryl methyl sites for hydroxylation is 1. The van der Waals surface area contributed by atoms with E-state index in [1.54, 1.807) is 7.11 Å². The van der Waals surface area contributed by atoms with E-state index in [0.29, 0.717) is 0 Å². The van der Waals surface area contributed by atoms with E-state index in [1.165, 1.54) is 16.7 Å². The summed E-state index contributed by atoms with van der Waals surface area (Å²) in [4.78, 5) is 0. The van der Waals surface area contributed by atoms with E-state index in [1.807, 2.05) is 24.3 Å². The lowest BCUT2D eigenvalue weighted by molar-refractivity contribution is 0.410. The topological polar surface area (TPSA) is 9.23 Å². The van der Waals surface area contributed by atoms with E-state index >= 15 is 0 Å². The van der Waals surface area contributed by atoms with Gasteiger partial charge in [-0.2, -0.15) is 0 Å². The maximum atomic E-state index is 5.33. The molecule has 0 heterocycles. The van der Waals surface area contributed by atoms with Crippen LogP contribution in [0.15, 0.2) is 48.5 Å². The molecule has 0 N–H and O–H groups in total. The van der Waals surface area contributed by atoms with Gasteiger partial charge in [-0.25, -0.2) is 0 Å². The van der Waals surface area contributed by atoms with Gasteiger partial charge < -0.3 is 4.74 Å². The van der Waals surface area contributed by atoms with Gasteiger partial charge in [-0.15, -0.1) is 0 Å². The molecular formula is C17H18O. The number of methoxy groups -OCH3 is 1. The van der Waals surface area contributed by atoms with E-state index in [0.717, 1.165) is 12.2 Å². The molecule has 2 aromatic carbocycles. The first-order chi connectivity index (χ1) is 8.83. The maximum Gasteiger partial charge on any atom is 0.122 e. The standard InChI is InChI=1S/C17H18O/c1-3-16-13-15(11-12-17(16)18-2)10-9-14-7-5-4-6-8-14/h4-13H,3H2,1-2H3/b10-9+. The van der Waals surface area contributed by atoms with Crippen molar-refractivity contribution in [1.82, 2.24) is 0 Å². The minimum atomic E-state index is 0.967. The molecule has 0 spiro atoms. The van der Waals surface area contributed by atoms with Crippen LogP contribution in [0.1, 0.15) is 23.6 Å². The second kappa shape index (κ2) is 6.06. The van der Waals surface area contributed by atoms with Crippen LogP contribution in [0, 0.1) is 0 Å². The molecule has 0 aromatic heterocycles. The Morgan fingerprint density at radius 2 is 1.67 bits per heavy atom. The normalized spacial score (nSPS) is 10.8. The summed E-state index contributed by atoms with van der Waals surface area (Å²) in [5.74, 6) is 0.967. The number of hydrogen-bond donors (Lipinski definition) is 0. The Labute approximate surface area is 109 Å². The molecule has 0 atom stereocenters. The second-order valence-corrected chi connectivity index (χ2v) is 4.17. The molecular weight excluding hydrogens is 220 g/mol. The molecule has 0 bridgehead atoms. The van der Waals surface area contributed by atoms with Crippen LogP contribution in [0.25, 0.3) is 12.2 Å². The molecule has 1 heteroatoms. The highest BCUT2D eigenvalue weighted by molar-refractivity contribution is 5.70. The Kier molecular flexibility index (Phi) is 4.19. The molecule has 0 saturated heterocycles. The SMILES string of the molecule is CCc1cc(/C=C/c2ccccc2)ccc1OC. The molecule has 0 aliphatic rings. The summed E-state index contributed by atoms with van der Waals surface area (Å²) in [6.45, 7) is 2.14. The fourth-order valence-electron chi connectivity index (χ4n) is 1.94. The van der Waals surface area contributed by atoms with E-state index in [2.05, 4.69) is 43.3 Å². The van der Waals surface area contributed by atoms with E-state index < -0.39 is 0 Å². The molecule has 92 valence electrons. The summed E-state index contributed by atoms with van der Waals surface area (Å²) in [5, 5.41) is 0. The van der Waals surface area contributed by atoms with Crippen molar-refractivity contribution in [2.75, 3.05) is 7.11 Å². The molecule has 1 nitrogen and oxygen atoms in total. The largest absolute Gasteiger partial charge is 0.496 e. The first-order valence-corrected chi connectivity index (χ1v) is 6.23. The van der Waals surface area contributed by atoms with Crippen molar-refractivity contribution in [3.8, 4) is 5.75 Å². The van der Waals surface area contributed by atoms with Gasteiger partial charge in [0.15, 0.2) is 0 Å². The average molecular weight is 238 g/mol. The quantitative estimate of drug-likeness (QED) is 0.716. The Hall–Kier alpha value is -2.02. The van der Waals surface area contributed by atoms with Crippen molar-refractivity contribution >= 4 is 12.2 Å². The van der Waals surface area contributed by atoms with Gasteiger partial charge in [-0.05, 0) is 35.2 Å². The summed E-state index contributed by atoms with van der Waals surface area (Å²) < 4.78 is 5.33. The third-order valence-electron chi connectivity index (χ3n) is 2.95. The molecule has 0 aliphatic carbocycles. The fraction of sp³-hybridized carbons (Fsp3) is 0.176. The summed E-state index contributed by atoms with van der Waals surface area (Å²) in [7, 11) is 1.72. The first kappa shape index (κ1) is 12.4. The molecule has 0 fully saturated rings. The van der Waals surface area contributed by atoms with Crippen molar-refractivity contribution in [2.24, 2.45) is 0 Å². The van der Waals surface area contributed by atoms with Gasteiger partial charge in [0.2, 0.25) is 0 Å². The third-order valence-corrected chi connectivity index (χ3v) is 2.95. The number of benzene rings is 2. The van der Waals surface area contributed by atoms with Crippen LogP contribution in [-0.4, -0.2) is 7.11 Å². The van der Waals surface area contributed by atoms with Gasteiger partial charge in [0.25, 0.3) is 0 Å². The molecule has 0 aliphatic heterocycles. The van der Waals surface area contributed by atoms with E-state index in [-0.39, 0.29) is 0 Å². The van der Waals surface area contributed by atoms with Gasteiger partial charge >= 0.3 is 0 Å². The molecule has 2 rings (SSSR count). The zero-order chi connectivity index (χ0) is 12.8. The van der Waals surface area contributed by atoms with Crippen LogP contribution in [0.2, 0.25) is 0 Å². The van der Waals surface area contributed by atoms with Crippen LogP contribution < -0.4 is 4.74 Å². The van der Waals surface area contributed by atoms with E-state index in [9.17, 15) is 0 Å². The van der Waals surface area contributed by atoms with Crippen LogP contribution in [0.5, 0.6) is 5.75 Å². The molecule has 0 unspecified atom stereocenters. The Morgan fingerprint density at radius 3 is 2.33 bits per heavy atom. The summed E-state index contributed by atoms with van der Waals surface area (Å²) in [6, 6.07) is 16.6. The molecule has 0 saturated carbocycles. The zero-order valence-corrected chi connectivity index (χ0v) is 10.9. The lowest BCUT2D eigenvalue weighted by Crippen LogP contribution is -1.90. The fourth-order valence-corrected chi connectivity index (χ4v) is 1.94. The predicted octanol–water partition coefficient (Wildman–Crippen LogP) is 4.43. The first-order valence-electron chi connectivity index (χ1n) is 6.23. The van der Waals surface area contributed by atoms with Crippen molar-refractivity contribution in [3.63, 3.8) is 0 Å². The van der Waals surface area contributed by atoms with Crippen molar-refractivity contribution in [2.45, 2.75) is 13.3 Å². The zero-order valence-electron chi connectivity index (χ0n) is 10.9. The van der Waals surface area contributed by atoms with Gasteiger partial charge in [0.05, 0.1) is 7.11 Å². The number of ether oxygens (including phenoxy) is 1. The Morgan fingerprint density at radius 1 is 0.944 bits per heavy atom. The lowest BCUT2D eigenvalue weighted by atomic mass is 10.1. The number of rotatable bonds is 4. The summed E-state index contributed by atoms with van der Waals surface area (Å²) >= 11 is 0. The Bertz CT molecular complexity index is 527. The van der Waals surface area contributed by atoms with Gasteiger partial charge in [0, 0.05) is 0 Å². The highest BCUT2D eigenvalue weighted by Gasteiger charge is 2.00. The Balaban J connectivity index is 2.22. The van der Waals surface area contributed by atoms with Crippen LogP contribution >= 0.6 is 0 Å². The van der Waals surface area contributed by atoms with Gasteiger partial charge in [-0.3, -0.25) is 0 Å². The highest BCUT2D eigenvalue weighted by atomic mass is 16.5. The monoisotopic (exact) mass is 238 g/mol. The number of hydrogen-bond acceptors (Lipinski definition) is 1. The van der Waals surface area contributed by atoms with Crippen molar-refractivity contribution in [1.29, 1.82) is 0 Å². The van der Waals surface area contributed by atoms with Crippen molar-refractivity contribution < 1.29 is 4.74 Å². The van der Waals surface area contributed by atoms with Crippen LogP contribution in [-0.2, 0) is 6.42 Å². The average Bonchev–Trinajstić information content (AvgIpc) is 2.45. The minimum Gasteiger partial charge on any atom is -0.496 e. The minimum absolute atomic E-state index is 0.967. The second-order valence-electron chi connectivity index (χ2n) is 4.17. The summed E-state index contributed by atoms with van der Waals surface area (Å²) in [6.07, 6.45) is 5.24. The molecule has 0 amide bonds. The third kappa shape index (κ3) is 3.01. The predicted molar refractivity (Wildman–Crippen MR) is 77.7 cm³/mol. The van der Waals surface area contributed by atoms with Gasteiger partial charge in [-0.1, -0.05) is 55.5 Å². The van der Waals surface area contributed by atoms with Crippen molar-refractivity contribution in [3.05, 3.63) is 65.2 Å².